The zero-order chi connectivity index (χ0) is 11.5. The van der Waals surface area contributed by atoms with E-state index < -0.39 is 0 Å². The van der Waals surface area contributed by atoms with Crippen molar-refractivity contribution in [1.82, 2.24) is 0 Å². The van der Waals surface area contributed by atoms with Crippen LogP contribution in [0.3, 0.4) is 0 Å². The SMILES string of the molecule is CCC1CCC(C(N)C2CCC(C)CC2)C1. The fraction of sp³-hybridized carbons (Fsp3) is 1.00. The summed E-state index contributed by atoms with van der Waals surface area (Å²) in [6.07, 6.45) is 11.3. The number of rotatable bonds is 3. The molecule has 0 aromatic heterocycles. The molecule has 2 fully saturated rings. The maximum Gasteiger partial charge on any atom is 0.00957 e. The standard InChI is InChI=1S/C15H29N/c1-3-12-6-9-14(10-12)15(16)13-7-4-11(2)5-8-13/h11-15H,3-10,16H2,1-2H3. The maximum absolute atomic E-state index is 6.52. The van der Waals surface area contributed by atoms with Crippen LogP contribution in [0.4, 0.5) is 0 Å². The Labute approximate surface area is 101 Å². The van der Waals surface area contributed by atoms with E-state index in [2.05, 4.69) is 13.8 Å². The molecule has 2 aliphatic rings. The minimum atomic E-state index is 0.518. The highest BCUT2D eigenvalue weighted by atomic mass is 14.7. The van der Waals surface area contributed by atoms with Crippen molar-refractivity contribution in [2.24, 2.45) is 29.4 Å². The molecule has 3 atom stereocenters. The Morgan fingerprint density at radius 1 is 1.00 bits per heavy atom. The number of hydrogen-bond donors (Lipinski definition) is 1. The summed E-state index contributed by atoms with van der Waals surface area (Å²) in [5.41, 5.74) is 6.52. The van der Waals surface area contributed by atoms with Gasteiger partial charge in [0.15, 0.2) is 0 Å². The highest BCUT2D eigenvalue weighted by molar-refractivity contribution is 4.88. The maximum atomic E-state index is 6.52. The van der Waals surface area contributed by atoms with Crippen molar-refractivity contribution in [3.05, 3.63) is 0 Å². The van der Waals surface area contributed by atoms with E-state index in [0.29, 0.717) is 6.04 Å². The molecule has 0 bridgehead atoms. The summed E-state index contributed by atoms with van der Waals surface area (Å²) in [5.74, 6) is 3.63. The van der Waals surface area contributed by atoms with Crippen LogP contribution in [-0.4, -0.2) is 6.04 Å². The molecule has 0 aromatic carbocycles. The summed E-state index contributed by atoms with van der Waals surface area (Å²) in [7, 11) is 0. The van der Waals surface area contributed by atoms with Crippen LogP contribution < -0.4 is 5.73 Å². The van der Waals surface area contributed by atoms with E-state index in [1.54, 1.807) is 0 Å². The van der Waals surface area contributed by atoms with Crippen LogP contribution in [0.1, 0.15) is 65.2 Å². The molecule has 0 spiro atoms. The van der Waals surface area contributed by atoms with Crippen LogP contribution in [0, 0.1) is 23.7 Å². The van der Waals surface area contributed by atoms with Gasteiger partial charge in [-0.05, 0) is 49.4 Å². The zero-order valence-corrected chi connectivity index (χ0v) is 11.1. The third-order valence-corrected chi connectivity index (χ3v) is 5.31. The molecule has 2 aliphatic carbocycles. The fourth-order valence-corrected chi connectivity index (χ4v) is 3.89. The van der Waals surface area contributed by atoms with E-state index in [4.69, 9.17) is 5.73 Å². The molecule has 0 amide bonds. The van der Waals surface area contributed by atoms with Crippen molar-refractivity contribution in [3.63, 3.8) is 0 Å². The van der Waals surface area contributed by atoms with Crippen LogP contribution in [0.15, 0.2) is 0 Å². The second-order valence-electron chi connectivity index (χ2n) is 6.44. The third kappa shape index (κ3) is 2.80. The summed E-state index contributed by atoms with van der Waals surface area (Å²) >= 11 is 0. The predicted octanol–water partition coefficient (Wildman–Crippen LogP) is 3.97. The first-order valence-corrected chi connectivity index (χ1v) is 7.46. The van der Waals surface area contributed by atoms with Gasteiger partial charge in [0, 0.05) is 6.04 Å². The molecule has 0 heterocycles. The Balaban J connectivity index is 1.81. The highest BCUT2D eigenvalue weighted by Crippen LogP contribution is 2.39. The first kappa shape index (κ1) is 12.4. The molecular weight excluding hydrogens is 194 g/mol. The first-order valence-electron chi connectivity index (χ1n) is 7.46. The molecule has 0 radical (unpaired) electrons. The highest BCUT2D eigenvalue weighted by Gasteiger charge is 2.33. The zero-order valence-electron chi connectivity index (χ0n) is 11.1. The average molecular weight is 223 g/mol. The molecule has 0 saturated heterocycles. The van der Waals surface area contributed by atoms with Gasteiger partial charge in [0.25, 0.3) is 0 Å². The Kier molecular flexibility index (Phi) is 4.29. The minimum Gasteiger partial charge on any atom is -0.327 e. The summed E-state index contributed by atoms with van der Waals surface area (Å²) in [6.45, 7) is 4.73. The van der Waals surface area contributed by atoms with E-state index in [9.17, 15) is 0 Å². The smallest absolute Gasteiger partial charge is 0.00957 e. The topological polar surface area (TPSA) is 26.0 Å². The molecule has 2 N–H and O–H groups in total. The predicted molar refractivity (Wildman–Crippen MR) is 70.2 cm³/mol. The largest absolute Gasteiger partial charge is 0.327 e. The van der Waals surface area contributed by atoms with Gasteiger partial charge in [-0.2, -0.15) is 0 Å². The summed E-state index contributed by atoms with van der Waals surface area (Å²) in [5, 5.41) is 0. The first-order chi connectivity index (χ1) is 7.70. The van der Waals surface area contributed by atoms with E-state index in [0.717, 1.165) is 23.7 Å². The van der Waals surface area contributed by atoms with Gasteiger partial charge in [-0.3, -0.25) is 0 Å². The van der Waals surface area contributed by atoms with E-state index in [-0.39, 0.29) is 0 Å². The molecule has 16 heavy (non-hydrogen) atoms. The second kappa shape index (κ2) is 5.53. The van der Waals surface area contributed by atoms with Crippen LogP contribution in [-0.2, 0) is 0 Å². The van der Waals surface area contributed by atoms with Gasteiger partial charge in [0.1, 0.15) is 0 Å². The normalized spacial score (nSPS) is 42.2. The van der Waals surface area contributed by atoms with Crippen LogP contribution in [0.25, 0.3) is 0 Å². The van der Waals surface area contributed by atoms with Gasteiger partial charge in [-0.1, -0.05) is 39.5 Å². The fourth-order valence-electron chi connectivity index (χ4n) is 3.89. The van der Waals surface area contributed by atoms with Gasteiger partial charge in [0.05, 0.1) is 0 Å². The average Bonchev–Trinajstić information content (AvgIpc) is 2.77. The van der Waals surface area contributed by atoms with E-state index >= 15 is 0 Å². The van der Waals surface area contributed by atoms with Crippen molar-refractivity contribution in [2.45, 2.75) is 71.3 Å². The Morgan fingerprint density at radius 3 is 2.19 bits per heavy atom. The van der Waals surface area contributed by atoms with Crippen LogP contribution >= 0.6 is 0 Å². The van der Waals surface area contributed by atoms with Crippen LogP contribution in [0.5, 0.6) is 0 Å². The van der Waals surface area contributed by atoms with Crippen molar-refractivity contribution >= 4 is 0 Å². The van der Waals surface area contributed by atoms with E-state index in [1.165, 1.54) is 51.4 Å². The summed E-state index contributed by atoms with van der Waals surface area (Å²) in [4.78, 5) is 0. The molecule has 94 valence electrons. The molecule has 0 aliphatic heterocycles. The monoisotopic (exact) mass is 223 g/mol. The van der Waals surface area contributed by atoms with Crippen molar-refractivity contribution in [3.8, 4) is 0 Å². The lowest BCUT2D eigenvalue weighted by Gasteiger charge is -2.33. The van der Waals surface area contributed by atoms with Crippen molar-refractivity contribution in [2.75, 3.05) is 0 Å². The van der Waals surface area contributed by atoms with Crippen molar-refractivity contribution < 1.29 is 0 Å². The third-order valence-electron chi connectivity index (χ3n) is 5.31. The lowest BCUT2D eigenvalue weighted by atomic mass is 9.75. The molecule has 2 rings (SSSR count). The quantitative estimate of drug-likeness (QED) is 0.770. The Hall–Kier alpha value is -0.0400. The second-order valence-corrected chi connectivity index (χ2v) is 6.44. The molecule has 1 heteroatoms. The lowest BCUT2D eigenvalue weighted by molar-refractivity contribution is 0.211. The lowest BCUT2D eigenvalue weighted by Crippen LogP contribution is -2.38. The van der Waals surface area contributed by atoms with E-state index in [1.807, 2.05) is 0 Å². The Bertz CT molecular complexity index is 203. The number of nitrogens with two attached hydrogens (primary N) is 1. The number of hydrogen-bond acceptors (Lipinski definition) is 1. The molecule has 0 aromatic rings. The molecule has 2 saturated carbocycles. The Morgan fingerprint density at radius 2 is 1.62 bits per heavy atom. The molecule has 3 unspecified atom stereocenters. The van der Waals surface area contributed by atoms with Gasteiger partial charge in [-0.15, -0.1) is 0 Å². The summed E-state index contributed by atoms with van der Waals surface area (Å²) in [6, 6.07) is 0.518. The van der Waals surface area contributed by atoms with Crippen LogP contribution in [0.2, 0.25) is 0 Å². The van der Waals surface area contributed by atoms with Gasteiger partial charge >= 0.3 is 0 Å². The van der Waals surface area contributed by atoms with Gasteiger partial charge < -0.3 is 5.73 Å². The van der Waals surface area contributed by atoms with Gasteiger partial charge in [-0.25, -0.2) is 0 Å². The minimum absolute atomic E-state index is 0.518. The molecular formula is C15H29N. The summed E-state index contributed by atoms with van der Waals surface area (Å²) < 4.78 is 0. The molecule has 1 nitrogen and oxygen atoms in total. The van der Waals surface area contributed by atoms with Gasteiger partial charge in [0.2, 0.25) is 0 Å². The van der Waals surface area contributed by atoms with Crippen molar-refractivity contribution in [1.29, 1.82) is 0 Å².